The van der Waals surface area contributed by atoms with Crippen molar-refractivity contribution in [2.45, 2.75) is 13.0 Å². The van der Waals surface area contributed by atoms with Crippen molar-refractivity contribution in [2.75, 3.05) is 5.73 Å². The van der Waals surface area contributed by atoms with Gasteiger partial charge in [0.05, 0.1) is 11.9 Å². The highest BCUT2D eigenvalue weighted by Gasteiger charge is 2.08. The van der Waals surface area contributed by atoms with E-state index in [4.69, 9.17) is 10.3 Å². The van der Waals surface area contributed by atoms with Gasteiger partial charge in [0.1, 0.15) is 6.54 Å². The van der Waals surface area contributed by atoms with Crippen LogP contribution in [0, 0.1) is 0 Å². The minimum atomic E-state index is 0.419. The van der Waals surface area contributed by atoms with E-state index in [2.05, 4.69) is 31.2 Å². The third-order valence-electron chi connectivity index (χ3n) is 2.71. The number of rotatable bonds is 4. The molecule has 6 nitrogen and oxygen atoms in total. The first-order chi connectivity index (χ1) is 9.69. The van der Waals surface area contributed by atoms with E-state index in [1.54, 1.807) is 17.1 Å². The molecule has 2 N–H and O–H groups in total. The van der Waals surface area contributed by atoms with Gasteiger partial charge in [0.15, 0.2) is 5.82 Å². The van der Waals surface area contributed by atoms with Gasteiger partial charge >= 0.3 is 0 Å². The van der Waals surface area contributed by atoms with Crippen molar-refractivity contribution in [1.82, 2.24) is 19.9 Å². The van der Waals surface area contributed by atoms with Crippen LogP contribution < -0.4 is 5.73 Å². The smallest absolute Gasteiger partial charge is 0.248 e. The number of nitrogen functional groups attached to an aromatic ring is 1. The monoisotopic (exact) mass is 333 g/mol. The highest BCUT2D eigenvalue weighted by Crippen LogP contribution is 2.14. The molecule has 0 aliphatic carbocycles. The predicted octanol–water partition coefficient (Wildman–Crippen LogP) is 2.25. The zero-order valence-corrected chi connectivity index (χ0v) is 12.1. The SMILES string of the molecule is Nc1cnn(Cc2nc(Cc3cccc(Br)c3)no2)c1. The van der Waals surface area contributed by atoms with Crippen LogP contribution in [0.3, 0.4) is 0 Å². The normalized spacial score (nSPS) is 10.8. The van der Waals surface area contributed by atoms with Crippen molar-refractivity contribution in [1.29, 1.82) is 0 Å². The van der Waals surface area contributed by atoms with Crippen LogP contribution in [0.1, 0.15) is 17.3 Å². The van der Waals surface area contributed by atoms with Gasteiger partial charge < -0.3 is 10.3 Å². The second kappa shape index (κ2) is 5.46. The molecule has 0 amide bonds. The molecule has 0 fully saturated rings. The summed E-state index contributed by atoms with van der Waals surface area (Å²) in [7, 11) is 0. The minimum absolute atomic E-state index is 0.419. The Morgan fingerprint density at radius 2 is 2.25 bits per heavy atom. The molecule has 0 aliphatic rings. The lowest BCUT2D eigenvalue weighted by molar-refractivity contribution is 0.362. The first kappa shape index (κ1) is 12.9. The summed E-state index contributed by atoms with van der Waals surface area (Å²) in [5, 5.41) is 8.04. The Morgan fingerprint density at radius 3 is 3.00 bits per heavy atom. The van der Waals surface area contributed by atoms with E-state index in [1.165, 1.54) is 0 Å². The molecule has 1 aromatic carbocycles. The van der Waals surface area contributed by atoms with Gasteiger partial charge in [-0.1, -0.05) is 33.2 Å². The number of aromatic nitrogens is 4. The molecule has 3 rings (SSSR count). The Morgan fingerprint density at radius 1 is 1.35 bits per heavy atom. The molecule has 0 spiro atoms. The number of benzene rings is 1. The lowest BCUT2D eigenvalue weighted by Gasteiger charge is -1.97. The van der Waals surface area contributed by atoms with Gasteiger partial charge in [0.25, 0.3) is 0 Å². The summed E-state index contributed by atoms with van der Waals surface area (Å²) in [5.41, 5.74) is 7.33. The maximum Gasteiger partial charge on any atom is 0.248 e. The Kier molecular flexibility index (Phi) is 3.51. The number of nitrogens with two attached hydrogens (primary N) is 1. The van der Waals surface area contributed by atoms with Crippen LogP contribution in [-0.4, -0.2) is 19.9 Å². The largest absolute Gasteiger partial charge is 0.396 e. The first-order valence-corrected chi connectivity index (χ1v) is 6.82. The summed E-state index contributed by atoms with van der Waals surface area (Å²) in [4.78, 5) is 4.35. The zero-order chi connectivity index (χ0) is 13.9. The van der Waals surface area contributed by atoms with Gasteiger partial charge in [-0.05, 0) is 17.7 Å². The molecular formula is C13H12BrN5O. The van der Waals surface area contributed by atoms with E-state index in [-0.39, 0.29) is 0 Å². The molecule has 20 heavy (non-hydrogen) atoms. The quantitative estimate of drug-likeness (QED) is 0.791. The van der Waals surface area contributed by atoms with Crippen molar-refractivity contribution >= 4 is 21.6 Å². The van der Waals surface area contributed by atoms with E-state index in [1.807, 2.05) is 24.3 Å². The minimum Gasteiger partial charge on any atom is -0.396 e. The van der Waals surface area contributed by atoms with Crippen molar-refractivity contribution in [3.05, 3.63) is 58.4 Å². The second-order valence-electron chi connectivity index (χ2n) is 4.38. The Labute approximate surface area is 123 Å². The van der Waals surface area contributed by atoms with Crippen LogP contribution in [0.5, 0.6) is 0 Å². The van der Waals surface area contributed by atoms with Crippen molar-refractivity contribution < 1.29 is 4.52 Å². The van der Waals surface area contributed by atoms with Crippen molar-refractivity contribution in [3.8, 4) is 0 Å². The molecule has 0 radical (unpaired) electrons. The average molecular weight is 334 g/mol. The average Bonchev–Trinajstić information content (AvgIpc) is 3.00. The summed E-state index contributed by atoms with van der Waals surface area (Å²) in [6, 6.07) is 8.01. The molecule has 0 bridgehead atoms. The fourth-order valence-corrected chi connectivity index (χ4v) is 2.31. The topological polar surface area (TPSA) is 82.8 Å². The third kappa shape index (κ3) is 3.05. The first-order valence-electron chi connectivity index (χ1n) is 6.03. The molecule has 0 unspecified atom stereocenters. The molecule has 102 valence electrons. The molecule has 0 atom stereocenters. The molecular weight excluding hydrogens is 322 g/mol. The predicted molar refractivity (Wildman–Crippen MR) is 77.0 cm³/mol. The van der Waals surface area contributed by atoms with Gasteiger partial charge in [0.2, 0.25) is 5.89 Å². The van der Waals surface area contributed by atoms with Gasteiger partial charge in [-0.25, -0.2) is 0 Å². The summed E-state index contributed by atoms with van der Waals surface area (Å²) >= 11 is 3.44. The van der Waals surface area contributed by atoms with E-state index < -0.39 is 0 Å². The molecule has 3 aromatic rings. The maximum absolute atomic E-state index is 5.60. The Hall–Kier alpha value is -2.15. The van der Waals surface area contributed by atoms with Crippen molar-refractivity contribution in [2.24, 2.45) is 0 Å². The van der Waals surface area contributed by atoms with Crippen LogP contribution in [0.4, 0.5) is 5.69 Å². The van der Waals surface area contributed by atoms with E-state index in [0.717, 1.165) is 10.0 Å². The zero-order valence-electron chi connectivity index (χ0n) is 10.5. The van der Waals surface area contributed by atoms with Crippen LogP contribution >= 0.6 is 15.9 Å². The van der Waals surface area contributed by atoms with Gasteiger partial charge in [-0.15, -0.1) is 0 Å². The maximum atomic E-state index is 5.60. The number of hydrogen-bond acceptors (Lipinski definition) is 5. The number of anilines is 1. The second-order valence-corrected chi connectivity index (χ2v) is 5.30. The van der Waals surface area contributed by atoms with Gasteiger partial charge in [-0.2, -0.15) is 10.1 Å². The number of halogens is 1. The summed E-state index contributed by atoms with van der Waals surface area (Å²) in [6.45, 7) is 0.419. The van der Waals surface area contributed by atoms with Crippen LogP contribution in [0.25, 0.3) is 0 Å². The van der Waals surface area contributed by atoms with Crippen LogP contribution in [0.2, 0.25) is 0 Å². The summed E-state index contributed by atoms with van der Waals surface area (Å²) < 4.78 is 7.90. The number of nitrogens with zero attached hydrogens (tertiary/aromatic N) is 4. The number of hydrogen-bond donors (Lipinski definition) is 1. The fraction of sp³-hybridized carbons (Fsp3) is 0.154. The van der Waals surface area contributed by atoms with E-state index >= 15 is 0 Å². The highest BCUT2D eigenvalue weighted by atomic mass is 79.9. The van der Waals surface area contributed by atoms with Crippen LogP contribution in [-0.2, 0) is 13.0 Å². The lowest BCUT2D eigenvalue weighted by Crippen LogP contribution is -2.00. The van der Waals surface area contributed by atoms with Gasteiger partial charge in [0, 0.05) is 17.1 Å². The lowest BCUT2D eigenvalue weighted by atomic mass is 10.1. The molecule has 0 saturated carbocycles. The molecule has 7 heteroatoms. The van der Waals surface area contributed by atoms with E-state index in [0.29, 0.717) is 30.4 Å². The van der Waals surface area contributed by atoms with Crippen molar-refractivity contribution in [3.63, 3.8) is 0 Å². The highest BCUT2D eigenvalue weighted by molar-refractivity contribution is 9.10. The third-order valence-corrected chi connectivity index (χ3v) is 3.21. The summed E-state index contributed by atoms with van der Waals surface area (Å²) in [6.07, 6.45) is 3.93. The molecule has 0 saturated heterocycles. The summed E-state index contributed by atoms with van der Waals surface area (Å²) in [5.74, 6) is 1.16. The van der Waals surface area contributed by atoms with Crippen LogP contribution in [0.15, 0.2) is 45.7 Å². The molecule has 0 aliphatic heterocycles. The fourth-order valence-electron chi connectivity index (χ4n) is 1.86. The molecule has 2 heterocycles. The van der Waals surface area contributed by atoms with E-state index in [9.17, 15) is 0 Å². The Bertz CT molecular complexity index is 721. The molecule has 2 aromatic heterocycles. The van der Waals surface area contributed by atoms with Gasteiger partial charge in [-0.3, -0.25) is 4.68 Å². The Balaban J connectivity index is 1.70. The standard InChI is InChI=1S/C13H12BrN5O/c14-10-3-1-2-9(4-10)5-12-17-13(20-18-12)8-19-7-11(15)6-16-19/h1-4,6-7H,5,8,15H2.